The van der Waals surface area contributed by atoms with E-state index in [0.29, 0.717) is 18.3 Å². The van der Waals surface area contributed by atoms with Gasteiger partial charge in [0.15, 0.2) is 0 Å². The van der Waals surface area contributed by atoms with Crippen molar-refractivity contribution in [1.29, 1.82) is 0 Å². The van der Waals surface area contributed by atoms with Crippen LogP contribution in [0.3, 0.4) is 0 Å². The van der Waals surface area contributed by atoms with Crippen molar-refractivity contribution in [3.63, 3.8) is 0 Å². The Morgan fingerprint density at radius 2 is 2.00 bits per heavy atom. The van der Waals surface area contributed by atoms with Crippen molar-refractivity contribution in [3.8, 4) is 0 Å². The first-order valence-electron chi connectivity index (χ1n) is 7.10. The second-order valence-corrected chi connectivity index (χ2v) is 5.46. The highest BCUT2D eigenvalue weighted by Gasteiger charge is 2.25. The van der Waals surface area contributed by atoms with E-state index in [4.69, 9.17) is 4.74 Å². The van der Waals surface area contributed by atoms with E-state index in [1.807, 2.05) is 0 Å². The summed E-state index contributed by atoms with van der Waals surface area (Å²) in [5, 5.41) is 9.74. The van der Waals surface area contributed by atoms with Crippen molar-refractivity contribution in [1.82, 2.24) is 0 Å². The van der Waals surface area contributed by atoms with Crippen LogP contribution in [0.2, 0.25) is 0 Å². The van der Waals surface area contributed by atoms with Gasteiger partial charge >= 0.3 is 0 Å². The predicted octanol–water partition coefficient (Wildman–Crippen LogP) is 2.46. The molecule has 0 spiro atoms. The minimum Gasteiger partial charge on any atom is -0.390 e. The number of hydrogen-bond donors (Lipinski definition) is 1. The van der Waals surface area contributed by atoms with Crippen molar-refractivity contribution >= 4 is 5.78 Å². The van der Waals surface area contributed by atoms with Crippen molar-refractivity contribution in [2.45, 2.75) is 70.0 Å². The lowest BCUT2D eigenvalue weighted by molar-refractivity contribution is -0.121. The quantitative estimate of drug-likeness (QED) is 0.751. The summed E-state index contributed by atoms with van der Waals surface area (Å²) in [4.78, 5) is 11.4. The summed E-state index contributed by atoms with van der Waals surface area (Å²) in [6.45, 7) is 0.700. The molecule has 1 unspecified atom stereocenters. The molecule has 3 nitrogen and oxygen atoms in total. The molecule has 2 fully saturated rings. The summed E-state index contributed by atoms with van der Waals surface area (Å²) in [5.41, 5.74) is 0. The lowest BCUT2D eigenvalue weighted by atomic mass is 9.95. The molecule has 2 rings (SSSR count). The van der Waals surface area contributed by atoms with Crippen LogP contribution >= 0.6 is 0 Å². The molecule has 3 atom stereocenters. The molecule has 0 aromatic heterocycles. The first kappa shape index (κ1) is 13.0. The number of Topliss-reactive ketones (excluding diaryl/α,β-unsaturated/α-hetero) is 1. The van der Waals surface area contributed by atoms with Crippen molar-refractivity contribution in [3.05, 3.63) is 0 Å². The Bertz CT molecular complexity index is 252. The summed E-state index contributed by atoms with van der Waals surface area (Å²) in [6, 6.07) is 0. The SMILES string of the molecule is O=C1CCCC1CCCO[C@H]1CCCC[C@@H]1O. The minimum absolute atomic E-state index is 0.0445. The first-order valence-corrected chi connectivity index (χ1v) is 7.10. The third-order valence-corrected chi connectivity index (χ3v) is 4.13. The van der Waals surface area contributed by atoms with Crippen LogP contribution in [0.1, 0.15) is 57.8 Å². The Balaban J connectivity index is 1.57. The number of ether oxygens (including phenoxy) is 1. The molecule has 0 radical (unpaired) electrons. The summed E-state index contributed by atoms with van der Waals surface area (Å²) in [5.74, 6) is 0.748. The first-order chi connectivity index (χ1) is 8.27. The normalized spacial score (nSPS) is 34.2. The van der Waals surface area contributed by atoms with Crippen LogP contribution in [0.15, 0.2) is 0 Å². The predicted molar refractivity (Wildman–Crippen MR) is 65.8 cm³/mol. The Kier molecular flexibility index (Phi) is 4.99. The van der Waals surface area contributed by atoms with Crippen molar-refractivity contribution in [2.75, 3.05) is 6.61 Å². The molecule has 0 bridgehead atoms. The average molecular weight is 240 g/mol. The summed E-state index contributed by atoms with van der Waals surface area (Å²) in [7, 11) is 0. The molecule has 17 heavy (non-hydrogen) atoms. The second-order valence-electron chi connectivity index (χ2n) is 5.46. The topological polar surface area (TPSA) is 46.5 Å². The van der Waals surface area contributed by atoms with E-state index in [-0.39, 0.29) is 12.2 Å². The number of carbonyl (C=O) groups excluding carboxylic acids is 1. The van der Waals surface area contributed by atoms with Crippen LogP contribution in [0.5, 0.6) is 0 Å². The molecule has 0 saturated heterocycles. The molecule has 3 heteroatoms. The molecule has 2 aliphatic rings. The average Bonchev–Trinajstić information content (AvgIpc) is 2.73. The molecule has 2 aliphatic carbocycles. The molecule has 1 N–H and O–H groups in total. The Labute approximate surface area is 104 Å². The monoisotopic (exact) mass is 240 g/mol. The van der Waals surface area contributed by atoms with Gasteiger partial charge in [-0.05, 0) is 38.5 Å². The summed E-state index contributed by atoms with van der Waals surface area (Å²) < 4.78 is 5.73. The number of ketones is 1. The third kappa shape index (κ3) is 3.78. The number of aliphatic hydroxyl groups excluding tert-OH is 1. The third-order valence-electron chi connectivity index (χ3n) is 4.13. The molecule has 0 aromatic carbocycles. The van der Waals surface area contributed by atoms with Gasteiger partial charge in [-0.15, -0.1) is 0 Å². The minimum atomic E-state index is -0.267. The number of aliphatic hydroxyl groups is 1. The van der Waals surface area contributed by atoms with Gasteiger partial charge in [-0.3, -0.25) is 4.79 Å². The van der Waals surface area contributed by atoms with Crippen LogP contribution in [0.4, 0.5) is 0 Å². The van der Waals surface area contributed by atoms with Gasteiger partial charge < -0.3 is 9.84 Å². The summed E-state index contributed by atoms with van der Waals surface area (Å²) >= 11 is 0. The lowest BCUT2D eigenvalue weighted by Crippen LogP contribution is -2.32. The maximum absolute atomic E-state index is 11.4. The van der Waals surface area contributed by atoms with Crippen LogP contribution in [0.25, 0.3) is 0 Å². The highest BCUT2D eigenvalue weighted by Crippen LogP contribution is 2.26. The maximum Gasteiger partial charge on any atom is 0.135 e. The largest absolute Gasteiger partial charge is 0.390 e. The highest BCUT2D eigenvalue weighted by molar-refractivity contribution is 5.82. The van der Waals surface area contributed by atoms with Gasteiger partial charge in [0.1, 0.15) is 5.78 Å². The number of carbonyl (C=O) groups is 1. The van der Waals surface area contributed by atoms with E-state index < -0.39 is 0 Å². The van der Waals surface area contributed by atoms with E-state index in [2.05, 4.69) is 0 Å². The van der Waals surface area contributed by atoms with Crippen LogP contribution in [-0.2, 0) is 9.53 Å². The van der Waals surface area contributed by atoms with Gasteiger partial charge in [0.05, 0.1) is 12.2 Å². The molecule has 0 aromatic rings. The van der Waals surface area contributed by atoms with Crippen LogP contribution in [-0.4, -0.2) is 29.7 Å². The van der Waals surface area contributed by atoms with Crippen molar-refractivity contribution in [2.24, 2.45) is 5.92 Å². The van der Waals surface area contributed by atoms with Gasteiger partial charge in [-0.25, -0.2) is 0 Å². The molecule has 98 valence electrons. The fraction of sp³-hybridized carbons (Fsp3) is 0.929. The number of hydrogen-bond acceptors (Lipinski definition) is 3. The highest BCUT2D eigenvalue weighted by atomic mass is 16.5. The Morgan fingerprint density at radius 1 is 1.18 bits per heavy atom. The standard InChI is InChI=1S/C14H24O3/c15-12-8-3-5-11(12)6-4-10-17-14-9-2-1-7-13(14)16/h11,13-14,16H,1-10H2/t11?,13-,14-/m0/s1. The number of rotatable bonds is 5. The lowest BCUT2D eigenvalue weighted by Gasteiger charge is -2.27. The maximum atomic E-state index is 11.4. The van der Waals surface area contributed by atoms with E-state index in [9.17, 15) is 9.90 Å². The molecular formula is C14H24O3. The van der Waals surface area contributed by atoms with E-state index >= 15 is 0 Å². The van der Waals surface area contributed by atoms with Crippen LogP contribution < -0.4 is 0 Å². The molecule has 0 amide bonds. The zero-order valence-corrected chi connectivity index (χ0v) is 10.6. The zero-order valence-electron chi connectivity index (χ0n) is 10.6. The molecule has 0 aliphatic heterocycles. The fourth-order valence-corrected chi connectivity index (χ4v) is 3.03. The fourth-order valence-electron chi connectivity index (χ4n) is 3.03. The van der Waals surface area contributed by atoms with E-state index in [0.717, 1.165) is 51.4 Å². The second kappa shape index (κ2) is 6.50. The molecular weight excluding hydrogens is 216 g/mol. The van der Waals surface area contributed by atoms with E-state index in [1.54, 1.807) is 0 Å². The van der Waals surface area contributed by atoms with E-state index in [1.165, 1.54) is 6.42 Å². The molecule has 0 heterocycles. The van der Waals surface area contributed by atoms with Gasteiger partial charge in [-0.2, -0.15) is 0 Å². The van der Waals surface area contributed by atoms with Gasteiger partial charge in [0.25, 0.3) is 0 Å². The van der Waals surface area contributed by atoms with Gasteiger partial charge in [0, 0.05) is 18.9 Å². The molecule has 2 saturated carbocycles. The smallest absolute Gasteiger partial charge is 0.135 e. The van der Waals surface area contributed by atoms with Gasteiger partial charge in [0.2, 0.25) is 0 Å². The summed E-state index contributed by atoms with van der Waals surface area (Å²) in [6.07, 6.45) is 8.81. The van der Waals surface area contributed by atoms with Crippen molar-refractivity contribution < 1.29 is 14.6 Å². The Morgan fingerprint density at radius 3 is 2.71 bits per heavy atom. The van der Waals surface area contributed by atoms with Crippen LogP contribution in [0, 0.1) is 5.92 Å². The Hall–Kier alpha value is -0.410. The van der Waals surface area contributed by atoms with Gasteiger partial charge in [-0.1, -0.05) is 12.8 Å². The zero-order chi connectivity index (χ0) is 12.1.